The van der Waals surface area contributed by atoms with E-state index in [9.17, 15) is 0 Å². The molecule has 0 bridgehead atoms. The van der Waals surface area contributed by atoms with Crippen LogP contribution in [0.25, 0.3) is 0 Å². The minimum Gasteiger partial charge on any atom is -0.123 e. The van der Waals surface area contributed by atoms with Gasteiger partial charge in [-0.05, 0) is 19.8 Å². The van der Waals surface area contributed by atoms with Gasteiger partial charge in [0, 0.05) is 5.38 Å². The first-order valence-electron chi connectivity index (χ1n) is 4.21. The summed E-state index contributed by atoms with van der Waals surface area (Å²) >= 11 is 5.92. The first kappa shape index (κ1) is 11.5. The van der Waals surface area contributed by atoms with Gasteiger partial charge in [-0.2, -0.15) is 0 Å². The van der Waals surface area contributed by atoms with E-state index in [1.807, 2.05) is 38.2 Å². The standard InChI is InChI=1S/C11H17Cl/c1-5-6-7-8-9(2)10(3)11(4)12/h5-8,10-11H,2H2,1,3-4H3/b6-5-,8-7-/t10-,11?/m1/s1. The summed E-state index contributed by atoms with van der Waals surface area (Å²) in [5, 5.41) is 0.146. The maximum atomic E-state index is 5.92. The lowest BCUT2D eigenvalue weighted by atomic mass is 9.99. The molecule has 0 fully saturated rings. The molecule has 0 aromatic rings. The highest BCUT2D eigenvalue weighted by atomic mass is 35.5. The third-order valence-electron chi connectivity index (χ3n) is 1.89. The smallest absolute Gasteiger partial charge is 0.0373 e. The Bertz CT molecular complexity index is 187. The molecular weight excluding hydrogens is 168 g/mol. The Morgan fingerprint density at radius 3 is 2.33 bits per heavy atom. The Kier molecular flexibility index (Phi) is 5.83. The van der Waals surface area contributed by atoms with Crippen LogP contribution in [0.15, 0.2) is 36.5 Å². The van der Waals surface area contributed by atoms with Crippen molar-refractivity contribution in [3.05, 3.63) is 36.5 Å². The van der Waals surface area contributed by atoms with Crippen molar-refractivity contribution in [2.45, 2.75) is 26.1 Å². The van der Waals surface area contributed by atoms with E-state index in [1.54, 1.807) is 0 Å². The van der Waals surface area contributed by atoms with E-state index in [1.165, 1.54) is 0 Å². The summed E-state index contributed by atoms with van der Waals surface area (Å²) in [5.74, 6) is 0.341. The fourth-order valence-corrected chi connectivity index (χ4v) is 0.899. The highest BCUT2D eigenvalue weighted by Gasteiger charge is 2.09. The van der Waals surface area contributed by atoms with Crippen LogP contribution in [0.2, 0.25) is 0 Å². The van der Waals surface area contributed by atoms with Crippen LogP contribution in [0.1, 0.15) is 20.8 Å². The Labute approximate surface area is 80.6 Å². The van der Waals surface area contributed by atoms with Crippen molar-refractivity contribution in [1.29, 1.82) is 0 Å². The van der Waals surface area contributed by atoms with Gasteiger partial charge < -0.3 is 0 Å². The minimum absolute atomic E-state index is 0.146. The summed E-state index contributed by atoms with van der Waals surface area (Å²) in [5.41, 5.74) is 1.08. The van der Waals surface area contributed by atoms with Crippen molar-refractivity contribution < 1.29 is 0 Å². The van der Waals surface area contributed by atoms with Crippen molar-refractivity contribution in [3.63, 3.8) is 0 Å². The Balaban J connectivity index is 4.03. The molecule has 0 aromatic heterocycles. The van der Waals surface area contributed by atoms with E-state index in [4.69, 9.17) is 11.6 Å². The maximum Gasteiger partial charge on any atom is 0.0373 e. The van der Waals surface area contributed by atoms with Gasteiger partial charge in [0.05, 0.1) is 0 Å². The predicted octanol–water partition coefficient (Wildman–Crippen LogP) is 3.94. The predicted molar refractivity (Wildman–Crippen MR) is 57.6 cm³/mol. The number of halogens is 1. The lowest BCUT2D eigenvalue weighted by Crippen LogP contribution is -2.07. The molecular formula is C11H17Cl. The second kappa shape index (κ2) is 6.07. The molecule has 0 aromatic carbocycles. The van der Waals surface area contributed by atoms with Crippen molar-refractivity contribution in [3.8, 4) is 0 Å². The molecule has 2 atom stereocenters. The summed E-state index contributed by atoms with van der Waals surface area (Å²) in [6, 6.07) is 0. The van der Waals surface area contributed by atoms with Gasteiger partial charge in [-0.3, -0.25) is 0 Å². The van der Waals surface area contributed by atoms with Gasteiger partial charge in [0.2, 0.25) is 0 Å². The lowest BCUT2D eigenvalue weighted by molar-refractivity contribution is 0.682. The Morgan fingerprint density at radius 2 is 1.92 bits per heavy atom. The zero-order valence-electron chi connectivity index (χ0n) is 8.05. The lowest BCUT2D eigenvalue weighted by Gasteiger charge is -2.13. The van der Waals surface area contributed by atoms with E-state index in [2.05, 4.69) is 13.5 Å². The average Bonchev–Trinajstić information content (AvgIpc) is 2.03. The van der Waals surface area contributed by atoms with Gasteiger partial charge in [-0.25, -0.2) is 0 Å². The van der Waals surface area contributed by atoms with Gasteiger partial charge >= 0.3 is 0 Å². The summed E-state index contributed by atoms with van der Waals surface area (Å²) < 4.78 is 0. The summed E-state index contributed by atoms with van der Waals surface area (Å²) in [6.07, 6.45) is 7.96. The largest absolute Gasteiger partial charge is 0.123 e. The van der Waals surface area contributed by atoms with Gasteiger partial charge in [-0.15, -0.1) is 11.6 Å². The van der Waals surface area contributed by atoms with Crippen molar-refractivity contribution in [2.24, 2.45) is 5.92 Å². The first-order chi connectivity index (χ1) is 5.59. The summed E-state index contributed by atoms with van der Waals surface area (Å²) in [7, 11) is 0. The number of hydrogen-bond acceptors (Lipinski definition) is 0. The maximum absolute atomic E-state index is 5.92. The van der Waals surface area contributed by atoms with E-state index >= 15 is 0 Å². The van der Waals surface area contributed by atoms with Crippen molar-refractivity contribution >= 4 is 11.6 Å². The molecule has 68 valence electrons. The average molecular weight is 185 g/mol. The molecule has 12 heavy (non-hydrogen) atoms. The van der Waals surface area contributed by atoms with Crippen LogP contribution in [0.3, 0.4) is 0 Å². The zero-order chi connectivity index (χ0) is 9.56. The fourth-order valence-electron chi connectivity index (χ4n) is 0.737. The Hall–Kier alpha value is -0.490. The van der Waals surface area contributed by atoms with Crippen LogP contribution in [0, 0.1) is 5.92 Å². The Morgan fingerprint density at radius 1 is 1.33 bits per heavy atom. The van der Waals surface area contributed by atoms with Crippen LogP contribution < -0.4 is 0 Å². The fraction of sp³-hybridized carbons (Fsp3) is 0.455. The third-order valence-corrected chi connectivity index (χ3v) is 2.27. The summed E-state index contributed by atoms with van der Waals surface area (Å²) in [6.45, 7) is 10.00. The van der Waals surface area contributed by atoms with Crippen LogP contribution in [-0.2, 0) is 0 Å². The van der Waals surface area contributed by atoms with E-state index in [0.29, 0.717) is 5.92 Å². The van der Waals surface area contributed by atoms with Crippen molar-refractivity contribution in [1.82, 2.24) is 0 Å². The highest BCUT2D eigenvalue weighted by Crippen LogP contribution is 2.18. The quantitative estimate of drug-likeness (QED) is 0.459. The van der Waals surface area contributed by atoms with Gasteiger partial charge in [0.15, 0.2) is 0 Å². The molecule has 0 amide bonds. The van der Waals surface area contributed by atoms with Crippen molar-refractivity contribution in [2.75, 3.05) is 0 Å². The molecule has 0 radical (unpaired) electrons. The molecule has 0 N–H and O–H groups in total. The van der Waals surface area contributed by atoms with Crippen LogP contribution in [-0.4, -0.2) is 5.38 Å². The second-order valence-electron chi connectivity index (χ2n) is 2.93. The van der Waals surface area contributed by atoms with Crippen LogP contribution >= 0.6 is 11.6 Å². The highest BCUT2D eigenvalue weighted by molar-refractivity contribution is 6.20. The molecule has 0 saturated heterocycles. The minimum atomic E-state index is 0.146. The number of allylic oxidation sites excluding steroid dienone is 5. The van der Waals surface area contributed by atoms with Gasteiger partial charge in [0.1, 0.15) is 0 Å². The van der Waals surface area contributed by atoms with Gasteiger partial charge in [0.25, 0.3) is 0 Å². The second-order valence-corrected chi connectivity index (χ2v) is 3.61. The SMILES string of the molecule is C=C(/C=C\C=C/C)[C@@H](C)C(C)Cl. The summed E-state index contributed by atoms with van der Waals surface area (Å²) in [4.78, 5) is 0. The van der Waals surface area contributed by atoms with Crippen LogP contribution in [0.4, 0.5) is 0 Å². The van der Waals surface area contributed by atoms with Gasteiger partial charge in [-0.1, -0.05) is 43.4 Å². The molecule has 0 aliphatic rings. The first-order valence-corrected chi connectivity index (χ1v) is 4.65. The number of hydrogen-bond donors (Lipinski definition) is 0. The number of alkyl halides is 1. The van der Waals surface area contributed by atoms with E-state index < -0.39 is 0 Å². The molecule has 1 heteroatoms. The molecule has 0 nitrogen and oxygen atoms in total. The molecule has 1 unspecified atom stereocenters. The molecule has 0 heterocycles. The third kappa shape index (κ3) is 4.40. The van der Waals surface area contributed by atoms with E-state index in [0.717, 1.165) is 5.57 Å². The monoisotopic (exact) mass is 184 g/mol. The molecule has 0 aliphatic heterocycles. The normalized spacial score (nSPS) is 17.0. The van der Waals surface area contributed by atoms with E-state index in [-0.39, 0.29) is 5.38 Å². The van der Waals surface area contributed by atoms with Crippen LogP contribution in [0.5, 0.6) is 0 Å². The topological polar surface area (TPSA) is 0 Å². The zero-order valence-corrected chi connectivity index (χ0v) is 8.81. The molecule has 0 aliphatic carbocycles. The number of rotatable bonds is 4. The molecule has 0 saturated carbocycles. The molecule has 0 rings (SSSR count). The molecule has 0 spiro atoms.